The first-order valence-electron chi connectivity index (χ1n) is 14.1. The predicted octanol–water partition coefficient (Wildman–Crippen LogP) is 5.30. The Labute approximate surface area is 253 Å². The van der Waals surface area contributed by atoms with Crippen molar-refractivity contribution in [2.24, 2.45) is 5.41 Å². The van der Waals surface area contributed by atoms with E-state index in [2.05, 4.69) is 74.0 Å². The smallest absolute Gasteiger partial charge is 0.244 e. The number of nitrogens with zero attached hydrogens (tertiary/aromatic N) is 9. The number of rotatable bonds is 8. The minimum Gasteiger partial charge on any atom is -0.423 e. The van der Waals surface area contributed by atoms with Crippen LogP contribution in [-0.2, 0) is 5.54 Å². The maximum atomic E-state index is 14.1. The zero-order chi connectivity index (χ0) is 31.2. The summed E-state index contributed by atoms with van der Waals surface area (Å²) in [6.45, 7) is 10.3. The van der Waals surface area contributed by atoms with E-state index in [-0.39, 0.29) is 5.41 Å². The lowest BCUT2D eigenvalue weighted by Gasteiger charge is -2.23. The number of pyridine rings is 2. The van der Waals surface area contributed by atoms with Gasteiger partial charge in [0.2, 0.25) is 17.7 Å². The minimum atomic E-state index is -0.626. The molecule has 6 rings (SSSR count). The molecule has 5 aromatic rings. The van der Waals surface area contributed by atoms with E-state index >= 15 is 0 Å². The molecular weight excluding hydrogens is 561 g/mol. The Bertz CT molecular complexity index is 1970. The number of fused-ring (bicyclic) bond motifs is 1. The first kappa shape index (κ1) is 28.7. The van der Waals surface area contributed by atoms with Gasteiger partial charge in [-0.25, -0.2) is 9.67 Å². The third-order valence-corrected chi connectivity index (χ3v) is 7.62. The molecular formula is C31H30FN11O. The highest BCUT2D eigenvalue weighted by molar-refractivity contribution is 5.99. The molecule has 0 aliphatic heterocycles. The lowest BCUT2D eigenvalue weighted by Crippen LogP contribution is -2.20. The molecule has 1 atom stereocenters. The van der Waals surface area contributed by atoms with Gasteiger partial charge in [-0.1, -0.05) is 32.1 Å². The van der Waals surface area contributed by atoms with Gasteiger partial charge in [-0.05, 0) is 43.4 Å². The van der Waals surface area contributed by atoms with E-state index in [4.69, 9.17) is 4.42 Å². The Morgan fingerprint density at radius 1 is 1.09 bits per heavy atom. The molecule has 1 aliphatic carbocycles. The Hall–Kier alpha value is -5.43. The van der Waals surface area contributed by atoms with E-state index < -0.39 is 17.5 Å². The standard InChI is InChI=1S/C31H30FN11O/c1-17-22(6-7-25(32)37-17)28(24-15-43(42-40-24)31(8-9-31)29-41-39-18(2)44-29)38-21-10-19(12-33)26-23(11-21)27(20(13-34)14-35-26)36-16-30(3,4)5/h6-7,10-11,14-15,28,38H,8-9,16H2,1-5H3,(H,35,36)/t28-/m0/s1. The van der Waals surface area contributed by atoms with Crippen LogP contribution < -0.4 is 10.6 Å². The van der Waals surface area contributed by atoms with Gasteiger partial charge in [0.15, 0.2) is 0 Å². The maximum Gasteiger partial charge on any atom is 0.244 e. The van der Waals surface area contributed by atoms with Crippen molar-refractivity contribution in [1.82, 2.24) is 35.2 Å². The Morgan fingerprint density at radius 3 is 2.50 bits per heavy atom. The second-order valence-electron chi connectivity index (χ2n) is 12.2. The van der Waals surface area contributed by atoms with Crippen LogP contribution in [0.4, 0.5) is 15.8 Å². The fourth-order valence-electron chi connectivity index (χ4n) is 5.19. The molecule has 12 nitrogen and oxygen atoms in total. The van der Waals surface area contributed by atoms with Crippen LogP contribution in [0.15, 0.2) is 41.1 Å². The zero-order valence-corrected chi connectivity index (χ0v) is 25.0. The predicted molar refractivity (Wildman–Crippen MR) is 159 cm³/mol. The average Bonchev–Trinajstić information content (AvgIpc) is 3.41. The Kier molecular flexibility index (Phi) is 6.97. The highest BCUT2D eigenvalue weighted by Crippen LogP contribution is 2.48. The number of halogens is 1. The van der Waals surface area contributed by atoms with E-state index in [1.54, 1.807) is 30.7 Å². The maximum absolute atomic E-state index is 14.1. The summed E-state index contributed by atoms with van der Waals surface area (Å²) in [7, 11) is 0. The molecule has 0 amide bonds. The number of aryl methyl sites for hydroxylation is 2. The van der Waals surface area contributed by atoms with E-state index in [1.807, 2.05) is 12.3 Å². The van der Waals surface area contributed by atoms with E-state index in [9.17, 15) is 14.9 Å². The molecule has 1 saturated carbocycles. The van der Waals surface area contributed by atoms with Gasteiger partial charge in [-0.2, -0.15) is 14.9 Å². The third kappa shape index (κ3) is 5.28. The van der Waals surface area contributed by atoms with Crippen molar-refractivity contribution < 1.29 is 8.81 Å². The second kappa shape index (κ2) is 10.7. The van der Waals surface area contributed by atoms with Gasteiger partial charge >= 0.3 is 0 Å². The topological polar surface area (TPSA) is 167 Å². The van der Waals surface area contributed by atoms with Crippen molar-refractivity contribution in [3.63, 3.8) is 0 Å². The molecule has 0 spiro atoms. The fraction of sp³-hybridized carbons (Fsp3) is 0.355. The van der Waals surface area contributed by atoms with Crippen molar-refractivity contribution in [2.45, 2.75) is 59.0 Å². The van der Waals surface area contributed by atoms with Gasteiger partial charge in [0.1, 0.15) is 23.4 Å². The summed E-state index contributed by atoms with van der Waals surface area (Å²) in [6.07, 6.45) is 4.82. The van der Waals surface area contributed by atoms with Gasteiger partial charge in [-0.15, -0.1) is 15.3 Å². The molecule has 222 valence electrons. The summed E-state index contributed by atoms with van der Waals surface area (Å²) < 4.78 is 21.6. The number of nitriles is 2. The van der Waals surface area contributed by atoms with Crippen LogP contribution in [-0.4, -0.2) is 41.7 Å². The van der Waals surface area contributed by atoms with Crippen LogP contribution in [0.25, 0.3) is 10.9 Å². The molecule has 4 aromatic heterocycles. The molecule has 0 unspecified atom stereocenters. The molecule has 4 heterocycles. The van der Waals surface area contributed by atoms with Crippen molar-refractivity contribution in [1.29, 1.82) is 10.5 Å². The highest BCUT2D eigenvalue weighted by atomic mass is 19.1. The quantitative estimate of drug-likeness (QED) is 0.225. The average molecular weight is 592 g/mol. The van der Waals surface area contributed by atoms with Gasteiger partial charge in [0, 0.05) is 42.0 Å². The summed E-state index contributed by atoms with van der Waals surface area (Å²) in [6, 6.07) is 10.3. The second-order valence-corrected chi connectivity index (χ2v) is 12.2. The van der Waals surface area contributed by atoms with Crippen LogP contribution in [0.3, 0.4) is 0 Å². The molecule has 0 bridgehead atoms. The first-order valence-corrected chi connectivity index (χ1v) is 14.1. The largest absolute Gasteiger partial charge is 0.423 e. The SMILES string of the molecule is Cc1nnc(C2(n3cc([C@@H](Nc4cc(C#N)c5ncc(C#N)c(NCC(C)(C)C)c5c4)c4ccc(F)nc4C)nn3)CC2)o1. The van der Waals surface area contributed by atoms with Crippen LogP contribution in [0, 0.1) is 47.9 Å². The van der Waals surface area contributed by atoms with Gasteiger partial charge in [0.25, 0.3) is 0 Å². The van der Waals surface area contributed by atoms with E-state index in [0.717, 1.165) is 12.8 Å². The Balaban J connectivity index is 1.46. The molecule has 1 fully saturated rings. The first-order chi connectivity index (χ1) is 21.0. The van der Waals surface area contributed by atoms with Gasteiger partial charge in [0.05, 0.1) is 34.6 Å². The number of hydrogen-bond donors (Lipinski definition) is 2. The van der Waals surface area contributed by atoms with Crippen molar-refractivity contribution in [3.8, 4) is 12.1 Å². The molecule has 1 aliphatic rings. The van der Waals surface area contributed by atoms with Gasteiger partial charge < -0.3 is 15.1 Å². The molecule has 2 N–H and O–H groups in total. The van der Waals surface area contributed by atoms with Crippen molar-refractivity contribution >= 4 is 22.3 Å². The van der Waals surface area contributed by atoms with Crippen LogP contribution in [0.1, 0.15) is 79.5 Å². The molecule has 1 aromatic carbocycles. The molecule has 0 radical (unpaired) electrons. The monoisotopic (exact) mass is 591 g/mol. The fourth-order valence-corrected chi connectivity index (χ4v) is 5.19. The van der Waals surface area contributed by atoms with Crippen LogP contribution in [0.5, 0.6) is 0 Å². The lowest BCUT2D eigenvalue weighted by atomic mass is 9.96. The molecule has 44 heavy (non-hydrogen) atoms. The lowest BCUT2D eigenvalue weighted by molar-refractivity contribution is 0.359. The van der Waals surface area contributed by atoms with Crippen LogP contribution in [0.2, 0.25) is 0 Å². The normalized spacial score (nSPS) is 14.5. The summed E-state index contributed by atoms with van der Waals surface area (Å²) in [5, 5.41) is 44.6. The summed E-state index contributed by atoms with van der Waals surface area (Å²) in [5.74, 6) is 0.341. The number of benzene rings is 1. The van der Waals surface area contributed by atoms with E-state index in [0.29, 0.717) is 68.7 Å². The number of aromatic nitrogens is 7. The van der Waals surface area contributed by atoms with Crippen molar-refractivity contribution in [3.05, 3.63) is 82.5 Å². The summed E-state index contributed by atoms with van der Waals surface area (Å²) in [4.78, 5) is 8.49. The minimum absolute atomic E-state index is 0.0703. The van der Waals surface area contributed by atoms with Crippen molar-refractivity contribution in [2.75, 3.05) is 17.2 Å². The number of anilines is 2. The van der Waals surface area contributed by atoms with Gasteiger partial charge in [-0.3, -0.25) is 4.98 Å². The highest BCUT2D eigenvalue weighted by Gasteiger charge is 2.52. The molecule has 13 heteroatoms. The molecule has 0 saturated heterocycles. The number of hydrogen-bond acceptors (Lipinski definition) is 11. The van der Waals surface area contributed by atoms with E-state index in [1.165, 1.54) is 12.3 Å². The van der Waals surface area contributed by atoms with Crippen LogP contribution >= 0.6 is 0 Å². The third-order valence-electron chi connectivity index (χ3n) is 7.62. The number of nitrogens with one attached hydrogen (secondary N) is 2. The zero-order valence-electron chi connectivity index (χ0n) is 25.0. The summed E-state index contributed by atoms with van der Waals surface area (Å²) in [5.41, 5.74) is 3.37. The summed E-state index contributed by atoms with van der Waals surface area (Å²) >= 11 is 0. The Morgan fingerprint density at radius 2 is 1.86 bits per heavy atom.